The van der Waals surface area contributed by atoms with Gasteiger partial charge >= 0.3 is 0 Å². The van der Waals surface area contributed by atoms with Crippen LogP contribution in [0.25, 0.3) is 0 Å². The van der Waals surface area contributed by atoms with Gasteiger partial charge in [-0.25, -0.2) is 0 Å². The first-order chi connectivity index (χ1) is 7.60. The van der Waals surface area contributed by atoms with Crippen LogP contribution in [0.2, 0.25) is 0 Å². The predicted molar refractivity (Wildman–Crippen MR) is 82.8 cm³/mol. The average molecular weight is 309 g/mol. The maximum absolute atomic E-state index is 3.74. The molecule has 0 aliphatic heterocycles. The standard InChI is InChI=1S/C14H29BrS/c1-5-8-14(11-15,9-6-2)12-16-10-7-13(3)4/h13H,5-12H2,1-4H3. The maximum atomic E-state index is 3.74. The van der Waals surface area contributed by atoms with E-state index in [-0.39, 0.29) is 0 Å². The Morgan fingerprint density at radius 2 is 1.69 bits per heavy atom. The van der Waals surface area contributed by atoms with Gasteiger partial charge in [0.2, 0.25) is 0 Å². The van der Waals surface area contributed by atoms with E-state index >= 15 is 0 Å². The Kier molecular flexibility index (Phi) is 10.3. The van der Waals surface area contributed by atoms with Crippen molar-refractivity contribution in [2.24, 2.45) is 11.3 Å². The summed E-state index contributed by atoms with van der Waals surface area (Å²) in [5.41, 5.74) is 0.561. The lowest BCUT2D eigenvalue weighted by atomic mass is 9.83. The summed E-state index contributed by atoms with van der Waals surface area (Å²) in [6.07, 6.45) is 6.75. The first-order valence-corrected chi connectivity index (χ1v) is 9.01. The Hall–Kier alpha value is 0.830. The molecule has 0 saturated heterocycles. The van der Waals surface area contributed by atoms with Gasteiger partial charge in [-0.15, -0.1) is 0 Å². The van der Waals surface area contributed by atoms with E-state index < -0.39 is 0 Å². The highest BCUT2D eigenvalue weighted by molar-refractivity contribution is 9.09. The molecular weight excluding hydrogens is 280 g/mol. The van der Waals surface area contributed by atoms with Crippen molar-refractivity contribution in [3.05, 3.63) is 0 Å². The van der Waals surface area contributed by atoms with Crippen LogP contribution in [0.5, 0.6) is 0 Å². The molecule has 0 aromatic rings. The second-order valence-corrected chi connectivity index (χ2v) is 7.03. The molecule has 0 spiro atoms. The SMILES string of the molecule is CCCC(CBr)(CCC)CSCCC(C)C. The summed E-state index contributed by atoms with van der Waals surface area (Å²) < 4.78 is 0. The molecule has 0 aliphatic rings. The van der Waals surface area contributed by atoms with Crippen LogP contribution in [-0.4, -0.2) is 16.8 Å². The van der Waals surface area contributed by atoms with E-state index in [2.05, 4.69) is 55.4 Å². The van der Waals surface area contributed by atoms with Crippen LogP contribution in [0.3, 0.4) is 0 Å². The van der Waals surface area contributed by atoms with Crippen molar-refractivity contribution in [3.63, 3.8) is 0 Å². The molecule has 0 aliphatic carbocycles. The molecule has 0 nitrogen and oxygen atoms in total. The topological polar surface area (TPSA) is 0 Å². The van der Waals surface area contributed by atoms with Crippen molar-refractivity contribution < 1.29 is 0 Å². The van der Waals surface area contributed by atoms with Crippen LogP contribution >= 0.6 is 27.7 Å². The summed E-state index contributed by atoms with van der Waals surface area (Å²) >= 11 is 5.91. The second kappa shape index (κ2) is 9.82. The molecule has 0 amide bonds. The van der Waals surface area contributed by atoms with Crippen LogP contribution in [0.1, 0.15) is 59.8 Å². The molecule has 0 saturated carbocycles. The molecule has 0 N–H and O–H groups in total. The minimum absolute atomic E-state index is 0.561. The molecule has 0 fully saturated rings. The van der Waals surface area contributed by atoms with E-state index in [9.17, 15) is 0 Å². The fourth-order valence-corrected chi connectivity index (χ4v) is 4.74. The van der Waals surface area contributed by atoms with E-state index in [1.54, 1.807) is 0 Å². The van der Waals surface area contributed by atoms with Gasteiger partial charge in [-0.2, -0.15) is 11.8 Å². The minimum atomic E-state index is 0.561. The summed E-state index contributed by atoms with van der Waals surface area (Å²) in [7, 11) is 0. The summed E-state index contributed by atoms with van der Waals surface area (Å²) in [5, 5.41) is 1.18. The van der Waals surface area contributed by atoms with E-state index in [0.717, 1.165) is 5.92 Å². The third-order valence-corrected chi connectivity index (χ3v) is 5.62. The molecule has 0 rings (SSSR count). The van der Waals surface area contributed by atoms with Crippen molar-refractivity contribution >= 4 is 27.7 Å². The zero-order valence-electron chi connectivity index (χ0n) is 11.5. The smallest absolute Gasteiger partial charge is 0.00958 e. The van der Waals surface area contributed by atoms with Crippen LogP contribution in [-0.2, 0) is 0 Å². The molecule has 0 atom stereocenters. The molecule has 0 unspecified atom stereocenters. The highest BCUT2D eigenvalue weighted by Gasteiger charge is 2.26. The molecule has 0 radical (unpaired) electrons. The predicted octanol–water partition coefficient (Wildman–Crippen LogP) is 5.75. The monoisotopic (exact) mass is 308 g/mol. The third kappa shape index (κ3) is 7.21. The van der Waals surface area contributed by atoms with Crippen molar-refractivity contribution in [1.82, 2.24) is 0 Å². The summed E-state index contributed by atoms with van der Waals surface area (Å²) in [4.78, 5) is 0. The lowest BCUT2D eigenvalue weighted by Gasteiger charge is -2.31. The molecule has 16 heavy (non-hydrogen) atoms. The second-order valence-electron chi connectivity index (χ2n) is 5.37. The van der Waals surface area contributed by atoms with E-state index in [1.165, 1.54) is 48.9 Å². The van der Waals surface area contributed by atoms with Gasteiger partial charge in [-0.1, -0.05) is 56.5 Å². The van der Waals surface area contributed by atoms with E-state index in [0.29, 0.717) is 5.41 Å². The van der Waals surface area contributed by atoms with Crippen LogP contribution in [0.15, 0.2) is 0 Å². The largest absolute Gasteiger partial charge is 0.161 e. The Morgan fingerprint density at radius 3 is 2.06 bits per heavy atom. The molecule has 2 heteroatoms. The fraction of sp³-hybridized carbons (Fsp3) is 1.00. The molecule has 98 valence electrons. The molecule has 0 bridgehead atoms. The molecule has 0 aromatic carbocycles. The van der Waals surface area contributed by atoms with E-state index in [1.807, 2.05) is 0 Å². The Morgan fingerprint density at radius 1 is 1.12 bits per heavy atom. The Balaban J connectivity index is 3.98. The number of thioether (sulfide) groups is 1. The number of hydrogen-bond donors (Lipinski definition) is 0. The van der Waals surface area contributed by atoms with Crippen LogP contribution < -0.4 is 0 Å². The number of hydrogen-bond acceptors (Lipinski definition) is 1. The van der Waals surface area contributed by atoms with Gasteiger partial charge in [0.1, 0.15) is 0 Å². The lowest BCUT2D eigenvalue weighted by Crippen LogP contribution is -2.26. The molecular formula is C14H29BrS. The van der Waals surface area contributed by atoms with Gasteiger partial charge in [-0.3, -0.25) is 0 Å². The summed E-state index contributed by atoms with van der Waals surface area (Å²) in [6.45, 7) is 9.25. The van der Waals surface area contributed by atoms with Gasteiger partial charge in [-0.05, 0) is 42.1 Å². The quantitative estimate of drug-likeness (QED) is 0.366. The Bertz CT molecular complexity index is 151. The zero-order valence-corrected chi connectivity index (χ0v) is 13.9. The summed E-state index contributed by atoms with van der Waals surface area (Å²) in [6, 6.07) is 0. The van der Waals surface area contributed by atoms with Crippen molar-refractivity contribution in [3.8, 4) is 0 Å². The average Bonchev–Trinajstić information content (AvgIpc) is 2.24. The first kappa shape index (κ1) is 16.8. The number of rotatable bonds is 10. The summed E-state index contributed by atoms with van der Waals surface area (Å²) in [5.74, 6) is 3.52. The third-order valence-electron chi connectivity index (χ3n) is 3.09. The molecule has 0 heterocycles. The Labute approximate surface area is 115 Å². The normalized spacial score (nSPS) is 12.4. The van der Waals surface area contributed by atoms with E-state index in [4.69, 9.17) is 0 Å². The maximum Gasteiger partial charge on any atom is 0.00958 e. The lowest BCUT2D eigenvalue weighted by molar-refractivity contribution is 0.320. The van der Waals surface area contributed by atoms with Crippen LogP contribution in [0.4, 0.5) is 0 Å². The van der Waals surface area contributed by atoms with Crippen molar-refractivity contribution in [2.75, 3.05) is 16.8 Å². The van der Waals surface area contributed by atoms with Gasteiger partial charge in [0.25, 0.3) is 0 Å². The van der Waals surface area contributed by atoms with Crippen LogP contribution in [0, 0.1) is 11.3 Å². The van der Waals surface area contributed by atoms with Gasteiger partial charge in [0.05, 0.1) is 0 Å². The molecule has 0 aromatic heterocycles. The zero-order chi connectivity index (χ0) is 12.4. The van der Waals surface area contributed by atoms with Gasteiger partial charge in [0, 0.05) is 5.33 Å². The highest BCUT2D eigenvalue weighted by atomic mass is 79.9. The first-order valence-electron chi connectivity index (χ1n) is 6.74. The van der Waals surface area contributed by atoms with Gasteiger partial charge in [0.15, 0.2) is 0 Å². The number of alkyl halides is 1. The van der Waals surface area contributed by atoms with Gasteiger partial charge < -0.3 is 0 Å². The van der Waals surface area contributed by atoms with Crippen molar-refractivity contribution in [1.29, 1.82) is 0 Å². The minimum Gasteiger partial charge on any atom is -0.161 e. The highest BCUT2D eigenvalue weighted by Crippen LogP contribution is 2.35. The number of halogens is 1. The van der Waals surface area contributed by atoms with Crippen molar-refractivity contribution in [2.45, 2.75) is 59.8 Å². The fourth-order valence-electron chi connectivity index (χ4n) is 2.11.